The van der Waals surface area contributed by atoms with E-state index >= 15 is 0 Å². The number of carbonyl (C=O) groups excluding carboxylic acids is 3. The van der Waals surface area contributed by atoms with Gasteiger partial charge in [0.05, 0.1) is 12.7 Å². The zero-order valence-corrected chi connectivity index (χ0v) is 16.6. The van der Waals surface area contributed by atoms with Gasteiger partial charge in [0.2, 0.25) is 0 Å². The zero-order valence-electron chi connectivity index (χ0n) is 15.7. The average molecular weight is 401 g/mol. The molecule has 1 aliphatic carbocycles. The number of rotatable bonds is 7. The van der Waals surface area contributed by atoms with E-state index in [2.05, 4.69) is 5.32 Å². The van der Waals surface area contributed by atoms with Crippen LogP contribution in [0.5, 0.6) is 0 Å². The Morgan fingerprint density at radius 2 is 1.89 bits per heavy atom. The van der Waals surface area contributed by atoms with Crippen molar-refractivity contribution in [1.29, 1.82) is 0 Å². The summed E-state index contributed by atoms with van der Waals surface area (Å²) in [5, 5.41) is 4.40. The Hall–Kier alpha value is -2.67. The van der Waals surface area contributed by atoms with Gasteiger partial charge in [-0.05, 0) is 36.8 Å². The van der Waals surface area contributed by atoms with Gasteiger partial charge in [-0.3, -0.25) is 4.79 Å². The number of nitrogens with one attached hydrogen (secondary N) is 1. The van der Waals surface area contributed by atoms with Crippen LogP contribution in [0.2, 0.25) is 0 Å². The van der Waals surface area contributed by atoms with E-state index in [1.807, 2.05) is 35.7 Å². The van der Waals surface area contributed by atoms with Gasteiger partial charge in [-0.25, -0.2) is 9.59 Å². The van der Waals surface area contributed by atoms with Crippen LogP contribution in [0.3, 0.4) is 0 Å². The van der Waals surface area contributed by atoms with Crippen LogP contribution >= 0.6 is 11.3 Å². The predicted octanol–water partition coefficient (Wildman–Crippen LogP) is 2.68. The SMILES string of the molecule is COC(=O)[C@@H](Cc1ccccc1)NC(=O)COC(=O)c1csc2c1CCCC2. The number of carbonyl (C=O) groups is 3. The first-order chi connectivity index (χ1) is 13.6. The van der Waals surface area contributed by atoms with Crippen LogP contribution in [-0.4, -0.2) is 37.6 Å². The highest BCUT2D eigenvalue weighted by molar-refractivity contribution is 7.10. The Labute approximate surface area is 167 Å². The number of ether oxygens (including phenoxy) is 2. The molecule has 0 radical (unpaired) electrons. The Bertz CT molecular complexity index is 846. The van der Waals surface area contributed by atoms with Crippen molar-refractivity contribution in [2.24, 2.45) is 0 Å². The first kappa shape index (κ1) is 20.1. The molecular formula is C21H23NO5S. The molecule has 1 amide bonds. The van der Waals surface area contributed by atoms with Crippen LogP contribution in [0.4, 0.5) is 0 Å². The number of esters is 2. The lowest BCUT2D eigenvalue weighted by atomic mass is 9.96. The fraction of sp³-hybridized carbons (Fsp3) is 0.381. The van der Waals surface area contributed by atoms with E-state index < -0.39 is 30.5 Å². The van der Waals surface area contributed by atoms with Gasteiger partial charge in [0.25, 0.3) is 5.91 Å². The first-order valence-electron chi connectivity index (χ1n) is 9.26. The largest absolute Gasteiger partial charge is 0.467 e. The van der Waals surface area contributed by atoms with Gasteiger partial charge in [-0.2, -0.15) is 0 Å². The van der Waals surface area contributed by atoms with Crippen molar-refractivity contribution in [3.8, 4) is 0 Å². The predicted molar refractivity (Wildman–Crippen MR) is 105 cm³/mol. The highest BCUT2D eigenvalue weighted by Gasteiger charge is 2.24. The second-order valence-corrected chi connectivity index (χ2v) is 7.63. The first-order valence-corrected chi connectivity index (χ1v) is 10.1. The molecule has 0 aliphatic heterocycles. The minimum Gasteiger partial charge on any atom is -0.467 e. The third kappa shape index (κ3) is 4.98. The Morgan fingerprint density at radius 3 is 2.64 bits per heavy atom. The number of amides is 1. The molecule has 28 heavy (non-hydrogen) atoms. The van der Waals surface area contributed by atoms with Gasteiger partial charge < -0.3 is 14.8 Å². The summed E-state index contributed by atoms with van der Waals surface area (Å²) in [7, 11) is 1.27. The third-order valence-electron chi connectivity index (χ3n) is 4.72. The van der Waals surface area contributed by atoms with Crippen LogP contribution in [0.25, 0.3) is 0 Å². The summed E-state index contributed by atoms with van der Waals surface area (Å²) in [6.45, 7) is -0.439. The van der Waals surface area contributed by atoms with Crippen molar-refractivity contribution in [1.82, 2.24) is 5.32 Å². The van der Waals surface area contributed by atoms with E-state index in [0.29, 0.717) is 12.0 Å². The molecule has 1 aromatic heterocycles. The van der Waals surface area contributed by atoms with Gasteiger partial charge in [-0.15, -0.1) is 11.3 Å². The highest BCUT2D eigenvalue weighted by atomic mass is 32.1. The molecule has 1 aromatic carbocycles. The maximum absolute atomic E-state index is 12.4. The lowest BCUT2D eigenvalue weighted by Crippen LogP contribution is -2.44. The lowest BCUT2D eigenvalue weighted by molar-refractivity contribution is -0.145. The minimum absolute atomic E-state index is 0.297. The fourth-order valence-corrected chi connectivity index (χ4v) is 4.41. The number of methoxy groups -OCH3 is 1. The Balaban J connectivity index is 1.56. The summed E-state index contributed by atoms with van der Waals surface area (Å²) >= 11 is 1.57. The van der Waals surface area contributed by atoms with Crippen molar-refractivity contribution in [2.75, 3.05) is 13.7 Å². The maximum Gasteiger partial charge on any atom is 0.339 e. The maximum atomic E-state index is 12.4. The Kier molecular flexibility index (Phi) is 6.81. The van der Waals surface area contributed by atoms with Crippen LogP contribution < -0.4 is 5.32 Å². The van der Waals surface area contributed by atoms with E-state index in [1.54, 1.807) is 11.3 Å². The zero-order chi connectivity index (χ0) is 19.9. The summed E-state index contributed by atoms with van der Waals surface area (Å²) in [6.07, 6.45) is 4.36. The van der Waals surface area contributed by atoms with Gasteiger partial charge >= 0.3 is 11.9 Å². The highest BCUT2D eigenvalue weighted by Crippen LogP contribution is 2.30. The second-order valence-electron chi connectivity index (χ2n) is 6.67. The van der Waals surface area contributed by atoms with Gasteiger partial charge in [-0.1, -0.05) is 30.3 Å². The average Bonchev–Trinajstić information content (AvgIpc) is 3.16. The second kappa shape index (κ2) is 9.50. The van der Waals surface area contributed by atoms with Crippen LogP contribution in [0.15, 0.2) is 35.7 Å². The van der Waals surface area contributed by atoms with E-state index in [4.69, 9.17) is 9.47 Å². The molecule has 7 heteroatoms. The number of benzene rings is 1. The number of aryl methyl sites for hydroxylation is 1. The third-order valence-corrected chi connectivity index (χ3v) is 5.81. The minimum atomic E-state index is -0.840. The number of hydrogen-bond donors (Lipinski definition) is 1. The molecule has 1 N–H and O–H groups in total. The summed E-state index contributed by atoms with van der Waals surface area (Å²) in [5.74, 6) is -1.58. The van der Waals surface area contributed by atoms with Crippen molar-refractivity contribution >= 4 is 29.2 Å². The molecule has 148 valence electrons. The number of thiophene rings is 1. The van der Waals surface area contributed by atoms with Crippen molar-refractivity contribution in [3.05, 3.63) is 57.3 Å². The fourth-order valence-electron chi connectivity index (χ4n) is 3.30. The molecule has 0 saturated carbocycles. The van der Waals surface area contributed by atoms with Crippen molar-refractivity contribution in [2.45, 2.75) is 38.1 Å². The summed E-state index contributed by atoms with van der Waals surface area (Å²) in [6, 6.07) is 8.47. The monoisotopic (exact) mass is 401 g/mol. The number of hydrogen-bond acceptors (Lipinski definition) is 6. The molecule has 1 atom stereocenters. The summed E-state index contributed by atoms with van der Waals surface area (Å²) in [5.41, 5.74) is 2.50. The normalized spacial score (nSPS) is 13.9. The van der Waals surface area contributed by atoms with Crippen LogP contribution in [0.1, 0.15) is 39.2 Å². The van der Waals surface area contributed by atoms with Crippen LogP contribution in [0, 0.1) is 0 Å². The molecule has 2 aromatic rings. The molecule has 3 rings (SSSR count). The van der Waals surface area contributed by atoms with Crippen molar-refractivity contribution < 1.29 is 23.9 Å². The van der Waals surface area contributed by atoms with Gasteiger partial charge in [0, 0.05) is 16.7 Å². The Morgan fingerprint density at radius 1 is 1.14 bits per heavy atom. The summed E-state index contributed by atoms with van der Waals surface area (Å²) in [4.78, 5) is 37.8. The quantitative estimate of drug-likeness (QED) is 0.722. The topological polar surface area (TPSA) is 81.7 Å². The number of fused-ring (bicyclic) bond motifs is 1. The van der Waals surface area contributed by atoms with Gasteiger partial charge in [0.1, 0.15) is 6.04 Å². The smallest absolute Gasteiger partial charge is 0.339 e. The molecule has 0 fully saturated rings. The van der Waals surface area contributed by atoms with Crippen LogP contribution in [-0.2, 0) is 38.3 Å². The molecule has 0 saturated heterocycles. The molecular weight excluding hydrogens is 378 g/mol. The standard InChI is InChI=1S/C21H23NO5S/c1-26-21(25)17(11-14-7-3-2-4-8-14)22-19(23)12-27-20(24)16-13-28-18-10-6-5-9-15(16)18/h2-4,7-8,13,17H,5-6,9-12H2,1H3,(H,22,23)/t17-/m1/s1. The lowest BCUT2D eigenvalue weighted by Gasteiger charge is -2.17. The van der Waals surface area contributed by atoms with E-state index in [0.717, 1.165) is 36.8 Å². The summed E-state index contributed by atoms with van der Waals surface area (Å²) < 4.78 is 9.95. The van der Waals surface area contributed by atoms with Gasteiger partial charge in [0.15, 0.2) is 6.61 Å². The molecule has 1 aliphatic rings. The van der Waals surface area contributed by atoms with E-state index in [1.165, 1.54) is 12.0 Å². The molecule has 0 bridgehead atoms. The van der Waals surface area contributed by atoms with Crippen molar-refractivity contribution in [3.63, 3.8) is 0 Å². The van der Waals surface area contributed by atoms with E-state index in [-0.39, 0.29) is 0 Å². The molecule has 0 spiro atoms. The molecule has 1 heterocycles. The van der Waals surface area contributed by atoms with E-state index in [9.17, 15) is 14.4 Å². The molecule has 0 unspecified atom stereocenters. The molecule has 6 nitrogen and oxygen atoms in total.